The van der Waals surface area contributed by atoms with E-state index in [1.54, 1.807) is 12.7 Å². The number of carbonyl (C=O) groups excluding carboxylic acids is 1. The first-order valence-electron chi connectivity index (χ1n) is 12.7. The van der Waals surface area contributed by atoms with Crippen molar-refractivity contribution in [2.45, 2.75) is 91.1 Å². The minimum Gasteiger partial charge on any atom is -0.477 e. The third-order valence-electron chi connectivity index (χ3n) is 7.22. The zero-order valence-corrected chi connectivity index (χ0v) is 22.0. The van der Waals surface area contributed by atoms with Crippen LogP contribution < -0.4 is 4.90 Å². The molecule has 0 bridgehead atoms. The van der Waals surface area contributed by atoms with Crippen molar-refractivity contribution >= 4 is 28.9 Å². The van der Waals surface area contributed by atoms with Gasteiger partial charge in [-0.1, -0.05) is 18.8 Å². The van der Waals surface area contributed by atoms with Crippen LogP contribution in [-0.2, 0) is 4.79 Å². The fourth-order valence-corrected chi connectivity index (χ4v) is 6.08. The highest BCUT2D eigenvalue weighted by Crippen LogP contribution is 2.41. The number of rotatable bonds is 5. The standard InChI is InChI=1S/C27H36N4O3S/c1-18-5-7-19(8-6-18)25(32)31(22-11-9-21(10-12-22)30-17-28-16-29-30)23-20(13-14-27(2,3)4)15-35-24(23)26(33)34/h15-19,21-22H,5-12H2,1-4H3,(H,33,34)/t18-,19-,21-,22-. The van der Waals surface area contributed by atoms with E-state index >= 15 is 0 Å². The average molecular weight is 497 g/mol. The Bertz CT molecular complexity index is 1090. The molecular weight excluding hydrogens is 460 g/mol. The lowest BCUT2D eigenvalue weighted by Gasteiger charge is -2.39. The van der Waals surface area contributed by atoms with Crippen LogP contribution in [0.5, 0.6) is 0 Å². The molecule has 1 amide bonds. The number of aromatic carboxylic acids is 1. The van der Waals surface area contributed by atoms with Crippen molar-refractivity contribution in [3.8, 4) is 11.8 Å². The molecule has 35 heavy (non-hydrogen) atoms. The van der Waals surface area contributed by atoms with E-state index < -0.39 is 5.97 Å². The summed E-state index contributed by atoms with van der Waals surface area (Å²) in [5.74, 6) is 6.11. The predicted molar refractivity (Wildman–Crippen MR) is 138 cm³/mol. The van der Waals surface area contributed by atoms with Gasteiger partial charge in [0.1, 0.15) is 17.5 Å². The second-order valence-corrected chi connectivity index (χ2v) is 12.0. The first kappa shape index (κ1) is 25.4. The van der Waals surface area contributed by atoms with E-state index in [2.05, 4.69) is 28.8 Å². The molecule has 0 atom stereocenters. The maximum absolute atomic E-state index is 14.1. The van der Waals surface area contributed by atoms with Gasteiger partial charge in [0.05, 0.1) is 17.3 Å². The van der Waals surface area contributed by atoms with Gasteiger partial charge in [-0.05, 0) is 78.1 Å². The van der Waals surface area contributed by atoms with E-state index in [0.29, 0.717) is 17.2 Å². The average Bonchev–Trinajstić information content (AvgIpc) is 3.49. The van der Waals surface area contributed by atoms with E-state index in [1.165, 1.54) is 11.3 Å². The van der Waals surface area contributed by atoms with Crippen LogP contribution in [0.2, 0.25) is 0 Å². The number of amides is 1. The van der Waals surface area contributed by atoms with Gasteiger partial charge in [0.2, 0.25) is 5.91 Å². The van der Waals surface area contributed by atoms with Gasteiger partial charge in [0, 0.05) is 22.8 Å². The summed E-state index contributed by atoms with van der Waals surface area (Å²) in [7, 11) is 0. The van der Waals surface area contributed by atoms with Crippen LogP contribution in [0.25, 0.3) is 0 Å². The molecule has 0 unspecified atom stereocenters. The molecule has 8 heteroatoms. The zero-order valence-electron chi connectivity index (χ0n) is 21.2. The Kier molecular flexibility index (Phi) is 7.65. The molecule has 4 rings (SSSR count). The SMILES string of the molecule is CC(C)(C)C#Cc1csc(C(=O)O)c1N(C(=O)[C@H]1CC[C@H](C)CC1)[C@H]1CC[C@H](n2cncn2)CC1. The van der Waals surface area contributed by atoms with Gasteiger partial charge in [0.15, 0.2) is 0 Å². The maximum Gasteiger partial charge on any atom is 0.348 e. The van der Waals surface area contributed by atoms with E-state index in [9.17, 15) is 14.7 Å². The molecule has 2 aliphatic rings. The minimum absolute atomic E-state index is 0.0514. The van der Waals surface area contributed by atoms with Crippen LogP contribution in [0.15, 0.2) is 18.0 Å². The molecule has 0 spiro atoms. The van der Waals surface area contributed by atoms with E-state index in [4.69, 9.17) is 0 Å². The molecule has 2 aromatic heterocycles. The monoisotopic (exact) mass is 496 g/mol. The summed E-state index contributed by atoms with van der Waals surface area (Å²) in [5.41, 5.74) is 0.928. The van der Waals surface area contributed by atoms with Gasteiger partial charge < -0.3 is 10.0 Å². The molecule has 2 fully saturated rings. The molecule has 0 aliphatic heterocycles. The summed E-state index contributed by atoms with van der Waals surface area (Å²) < 4.78 is 1.90. The maximum atomic E-state index is 14.1. The van der Waals surface area contributed by atoms with E-state index in [1.807, 2.05) is 35.7 Å². The molecule has 7 nitrogen and oxygen atoms in total. The van der Waals surface area contributed by atoms with Crippen molar-refractivity contribution < 1.29 is 14.7 Å². The number of hydrogen-bond acceptors (Lipinski definition) is 5. The molecule has 1 N–H and O–H groups in total. The van der Waals surface area contributed by atoms with Crippen molar-refractivity contribution in [2.24, 2.45) is 17.3 Å². The highest BCUT2D eigenvalue weighted by Gasteiger charge is 2.38. The lowest BCUT2D eigenvalue weighted by Crippen LogP contribution is -2.47. The molecule has 2 saturated carbocycles. The number of carboxylic acid groups (broad SMARTS) is 1. The summed E-state index contributed by atoms with van der Waals surface area (Å²) >= 11 is 1.17. The van der Waals surface area contributed by atoms with Crippen molar-refractivity contribution in [1.29, 1.82) is 0 Å². The Morgan fingerprint density at radius 1 is 1.11 bits per heavy atom. The number of aromatic nitrogens is 3. The molecule has 0 aromatic carbocycles. The van der Waals surface area contributed by atoms with E-state index in [-0.39, 0.29) is 34.2 Å². The molecule has 2 aromatic rings. The van der Waals surface area contributed by atoms with Crippen molar-refractivity contribution in [3.63, 3.8) is 0 Å². The summed E-state index contributed by atoms with van der Waals surface area (Å²) in [6, 6.07) is 0.201. The summed E-state index contributed by atoms with van der Waals surface area (Å²) in [6.45, 7) is 8.33. The van der Waals surface area contributed by atoms with Gasteiger partial charge in [-0.3, -0.25) is 4.79 Å². The quantitative estimate of drug-likeness (QED) is 0.530. The van der Waals surface area contributed by atoms with Crippen LogP contribution in [0.3, 0.4) is 0 Å². The second kappa shape index (κ2) is 10.5. The molecule has 0 saturated heterocycles. The lowest BCUT2D eigenvalue weighted by molar-refractivity contribution is -0.124. The number of nitrogens with zero attached hydrogens (tertiary/aromatic N) is 4. The minimum atomic E-state index is -1.000. The molecule has 2 heterocycles. The Labute approximate surface area is 211 Å². The predicted octanol–water partition coefficient (Wildman–Crippen LogP) is 5.78. The molecular formula is C27H36N4O3S. The van der Waals surface area contributed by atoms with E-state index in [0.717, 1.165) is 51.4 Å². The van der Waals surface area contributed by atoms with Gasteiger partial charge >= 0.3 is 5.97 Å². The first-order chi connectivity index (χ1) is 16.6. The number of hydrogen-bond donors (Lipinski definition) is 1. The smallest absolute Gasteiger partial charge is 0.348 e. The van der Waals surface area contributed by atoms with Gasteiger partial charge in [-0.15, -0.1) is 11.3 Å². The molecule has 2 aliphatic carbocycles. The lowest BCUT2D eigenvalue weighted by atomic mass is 9.81. The highest BCUT2D eigenvalue weighted by atomic mass is 32.1. The number of carbonyl (C=O) groups is 2. The first-order valence-corrected chi connectivity index (χ1v) is 13.6. The van der Waals surface area contributed by atoms with Crippen LogP contribution in [0, 0.1) is 29.1 Å². The van der Waals surface area contributed by atoms with Crippen molar-refractivity contribution in [1.82, 2.24) is 14.8 Å². The van der Waals surface area contributed by atoms with Crippen LogP contribution in [0.1, 0.15) is 100 Å². The zero-order chi connectivity index (χ0) is 25.2. The normalized spacial score (nSPS) is 24.9. The number of carboxylic acids is 1. The fraction of sp³-hybridized carbons (Fsp3) is 0.630. The van der Waals surface area contributed by atoms with Crippen molar-refractivity contribution in [3.05, 3.63) is 28.5 Å². The highest BCUT2D eigenvalue weighted by molar-refractivity contribution is 7.12. The summed E-state index contributed by atoms with van der Waals surface area (Å²) in [5, 5.41) is 16.2. The second-order valence-electron chi connectivity index (χ2n) is 11.1. The Balaban J connectivity index is 1.70. The number of anilines is 1. The third kappa shape index (κ3) is 5.95. The van der Waals surface area contributed by atoms with Crippen LogP contribution in [0.4, 0.5) is 5.69 Å². The Hall–Kier alpha value is -2.66. The number of thiophene rings is 1. The Morgan fingerprint density at radius 2 is 1.80 bits per heavy atom. The van der Waals surface area contributed by atoms with Gasteiger partial charge in [-0.2, -0.15) is 5.10 Å². The van der Waals surface area contributed by atoms with Gasteiger partial charge in [-0.25, -0.2) is 14.5 Å². The third-order valence-corrected chi connectivity index (χ3v) is 8.17. The Morgan fingerprint density at radius 3 is 2.37 bits per heavy atom. The summed E-state index contributed by atoms with van der Waals surface area (Å²) in [6.07, 6.45) is 10.4. The van der Waals surface area contributed by atoms with Gasteiger partial charge in [0.25, 0.3) is 0 Å². The summed E-state index contributed by atoms with van der Waals surface area (Å²) in [4.78, 5) is 32.5. The topological polar surface area (TPSA) is 88.3 Å². The van der Waals surface area contributed by atoms with Crippen LogP contribution >= 0.6 is 11.3 Å². The molecule has 188 valence electrons. The molecule has 0 radical (unpaired) electrons. The fourth-order valence-electron chi connectivity index (χ4n) is 5.25. The van der Waals surface area contributed by atoms with Crippen LogP contribution in [-0.4, -0.2) is 37.8 Å². The largest absolute Gasteiger partial charge is 0.477 e. The van der Waals surface area contributed by atoms with Crippen molar-refractivity contribution in [2.75, 3.05) is 4.90 Å².